The van der Waals surface area contributed by atoms with Gasteiger partial charge in [0.1, 0.15) is 42.5 Å². The van der Waals surface area contributed by atoms with Crippen LogP contribution in [-0.4, -0.2) is 127 Å². The van der Waals surface area contributed by atoms with E-state index in [4.69, 9.17) is 59.0 Å². The second kappa shape index (κ2) is 19.4. The van der Waals surface area contributed by atoms with Crippen LogP contribution in [0, 0.1) is 5.82 Å². The Morgan fingerprint density at radius 3 is 1.57 bits per heavy atom. The molecular formula is C32H38ClFN2O18. The summed E-state index contributed by atoms with van der Waals surface area (Å²) >= 11 is 5.70. The maximum Gasteiger partial charge on any atom is 0.303 e. The molecule has 0 radical (unpaired) electrons. The zero-order chi connectivity index (χ0) is 40.4. The van der Waals surface area contributed by atoms with Gasteiger partial charge in [-0.15, -0.1) is 0 Å². The zero-order valence-corrected chi connectivity index (χ0v) is 30.6. The van der Waals surface area contributed by atoms with Crippen LogP contribution in [-0.2, 0) is 80.9 Å². The standard InChI is InChI=1S/C32H38ClFN2O18/c1-12(37)45-10-21-25(26(48-15(4)40)28(50-17(6)42)31(52-21)36-30(44)19-9-35-23(33)8-20(19)34)54-32-29(51-18(7)43)27(49-16(5)41)24(47-14(3)39)22(53-32)11-46-13(2)38/h8-9,21-22,24-29,31-32H,10-11H2,1-7H3,(H,36,44)/t21-,22-,24-,25-,26+,27+,28-,29-,31-,32+/m1/s1. The highest BCUT2D eigenvalue weighted by atomic mass is 35.5. The summed E-state index contributed by atoms with van der Waals surface area (Å²) in [7, 11) is 0. The lowest BCUT2D eigenvalue weighted by molar-refractivity contribution is -0.345. The summed E-state index contributed by atoms with van der Waals surface area (Å²) in [5, 5.41) is 2.04. The van der Waals surface area contributed by atoms with E-state index >= 15 is 0 Å². The van der Waals surface area contributed by atoms with Gasteiger partial charge in [0.25, 0.3) is 5.91 Å². The number of rotatable bonds is 13. The topological polar surface area (TPSA) is 254 Å². The average Bonchev–Trinajstić information content (AvgIpc) is 3.03. The third-order valence-electron chi connectivity index (χ3n) is 7.27. The van der Waals surface area contributed by atoms with Crippen molar-refractivity contribution in [2.24, 2.45) is 0 Å². The SMILES string of the molecule is CC(=O)OC[C@H]1O[C@@H](NC(=O)c2cnc(Cl)cc2F)[C@H](OC(C)=O)[C@@H](OC(C)=O)[C@@H]1O[C@@H]1O[C@H](COC(C)=O)[C@@H](OC(C)=O)[C@H](OC(C)=O)[C@H]1OC(C)=O. The van der Waals surface area contributed by atoms with Crippen molar-refractivity contribution < 1.29 is 90.1 Å². The van der Waals surface area contributed by atoms with Gasteiger partial charge in [0.05, 0.1) is 5.56 Å². The van der Waals surface area contributed by atoms with Crippen molar-refractivity contribution in [3.63, 3.8) is 0 Å². The van der Waals surface area contributed by atoms with E-state index in [-0.39, 0.29) is 5.15 Å². The van der Waals surface area contributed by atoms with Crippen molar-refractivity contribution >= 4 is 59.3 Å². The van der Waals surface area contributed by atoms with Crippen LogP contribution < -0.4 is 5.32 Å². The molecule has 1 aromatic rings. The van der Waals surface area contributed by atoms with Crippen LogP contribution in [0.4, 0.5) is 4.39 Å². The molecule has 10 atom stereocenters. The predicted octanol–water partition coefficient (Wildman–Crippen LogP) is 0.224. The first kappa shape index (κ1) is 43.4. The number of halogens is 2. The largest absolute Gasteiger partial charge is 0.463 e. The number of amides is 1. The van der Waals surface area contributed by atoms with Crippen LogP contribution in [0.2, 0.25) is 5.15 Å². The van der Waals surface area contributed by atoms with Gasteiger partial charge in [-0.05, 0) is 0 Å². The zero-order valence-electron chi connectivity index (χ0n) is 29.9. The molecule has 3 heterocycles. The van der Waals surface area contributed by atoms with E-state index in [0.717, 1.165) is 60.7 Å². The monoisotopic (exact) mass is 792 g/mol. The van der Waals surface area contributed by atoms with E-state index in [0.29, 0.717) is 0 Å². The summed E-state index contributed by atoms with van der Waals surface area (Å²) in [5.41, 5.74) is -0.624. The highest BCUT2D eigenvalue weighted by Gasteiger charge is 2.57. The minimum Gasteiger partial charge on any atom is -0.463 e. The first-order chi connectivity index (χ1) is 25.3. The summed E-state index contributed by atoms with van der Waals surface area (Å²) in [6, 6.07) is 0.754. The normalized spacial score (nSPS) is 27.6. The molecular weight excluding hydrogens is 755 g/mol. The second-order valence-corrected chi connectivity index (χ2v) is 12.1. The number of pyridine rings is 1. The molecule has 2 aliphatic heterocycles. The van der Waals surface area contributed by atoms with Crippen molar-refractivity contribution in [1.82, 2.24) is 10.3 Å². The molecule has 0 aromatic carbocycles. The van der Waals surface area contributed by atoms with E-state index in [2.05, 4.69) is 10.3 Å². The summed E-state index contributed by atoms with van der Waals surface area (Å²) < 4.78 is 70.3. The smallest absolute Gasteiger partial charge is 0.303 e. The molecule has 0 spiro atoms. The van der Waals surface area contributed by atoms with Crippen molar-refractivity contribution in [2.75, 3.05) is 13.2 Å². The number of esters is 7. The molecule has 1 N–H and O–H groups in total. The molecule has 2 fully saturated rings. The summed E-state index contributed by atoms with van der Waals surface area (Å²) in [5.74, 6) is -8.73. The molecule has 54 heavy (non-hydrogen) atoms. The Morgan fingerprint density at radius 1 is 0.648 bits per heavy atom. The quantitative estimate of drug-likeness (QED) is 0.159. The number of carbonyl (C=O) groups is 8. The van der Waals surface area contributed by atoms with E-state index in [1.165, 1.54) is 0 Å². The summed E-state index contributed by atoms with van der Waals surface area (Å²) in [6.45, 7) is 5.68. The van der Waals surface area contributed by atoms with Crippen LogP contribution in [0.5, 0.6) is 0 Å². The Kier molecular flexibility index (Phi) is 15.6. The number of aromatic nitrogens is 1. The first-order valence-electron chi connectivity index (χ1n) is 16.0. The molecule has 22 heteroatoms. The predicted molar refractivity (Wildman–Crippen MR) is 170 cm³/mol. The van der Waals surface area contributed by atoms with Crippen LogP contribution in [0.3, 0.4) is 0 Å². The van der Waals surface area contributed by atoms with Gasteiger partial charge in [-0.3, -0.25) is 38.4 Å². The number of carbonyl (C=O) groups excluding carboxylic acids is 8. The van der Waals surface area contributed by atoms with E-state index < -0.39 is 134 Å². The number of nitrogens with one attached hydrogen (secondary N) is 1. The van der Waals surface area contributed by atoms with Crippen LogP contribution in [0.25, 0.3) is 0 Å². The molecule has 1 amide bonds. The first-order valence-corrected chi connectivity index (χ1v) is 16.4. The maximum absolute atomic E-state index is 14.7. The molecule has 0 bridgehead atoms. The number of nitrogens with zero attached hydrogens (tertiary/aromatic N) is 1. The van der Waals surface area contributed by atoms with Crippen molar-refractivity contribution in [1.29, 1.82) is 0 Å². The van der Waals surface area contributed by atoms with Gasteiger partial charge < -0.3 is 52.7 Å². The van der Waals surface area contributed by atoms with E-state index in [1.807, 2.05) is 0 Å². The van der Waals surface area contributed by atoms with Gasteiger partial charge >= 0.3 is 41.8 Å². The summed E-state index contributed by atoms with van der Waals surface area (Å²) in [6.07, 6.45) is -16.4. The highest BCUT2D eigenvalue weighted by Crippen LogP contribution is 2.35. The second-order valence-electron chi connectivity index (χ2n) is 11.7. The lowest BCUT2D eigenvalue weighted by Crippen LogP contribution is -2.68. The van der Waals surface area contributed by atoms with E-state index in [9.17, 15) is 42.7 Å². The number of ether oxygens (including phenoxy) is 10. The Balaban J connectivity index is 2.18. The molecule has 1 aromatic heterocycles. The van der Waals surface area contributed by atoms with E-state index in [1.54, 1.807) is 0 Å². The lowest BCUT2D eigenvalue weighted by Gasteiger charge is -2.48. The molecule has 0 saturated carbocycles. The Hall–Kier alpha value is -4.99. The fourth-order valence-corrected chi connectivity index (χ4v) is 5.55. The van der Waals surface area contributed by atoms with Crippen molar-refractivity contribution in [3.05, 3.63) is 28.8 Å². The molecule has 3 rings (SSSR count). The molecule has 20 nitrogen and oxygen atoms in total. The molecule has 2 saturated heterocycles. The lowest BCUT2D eigenvalue weighted by atomic mass is 9.95. The van der Waals surface area contributed by atoms with Gasteiger partial charge in [-0.1, -0.05) is 11.6 Å². The van der Waals surface area contributed by atoms with Gasteiger partial charge in [-0.25, -0.2) is 9.37 Å². The Labute approximate surface area is 311 Å². The molecule has 2 aliphatic rings. The van der Waals surface area contributed by atoms with Gasteiger partial charge in [0.2, 0.25) is 0 Å². The fourth-order valence-electron chi connectivity index (χ4n) is 5.41. The van der Waals surface area contributed by atoms with Gasteiger partial charge in [-0.2, -0.15) is 0 Å². The molecule has 0 aliphatic carbocycles. The Morgan fingerprint density at radius 2 is 1.09 bits per heavy atom. The number of hydrogen-bond acceptors (Lipinski definition) is 19. The third-order valence-corrected chi connectivity index (χ3v) is 7.47. The fraction of sp³-hybridized carbons (Fsp3) is 0.594. The van der Waals surface area contributed by atoms with Crippen LogP contribution in [0.1, 0.15) is 58.8 Å². The minimum absolute atomic E-state index is 0.269. The van der Waals surface area contributed by atoms with Crippen molar-refractivity contribution in [3.8, 4) is 0 Å². The van der Waals surface area contributed by atoms with Gasteiger partial charge in [0, 0.05) is 60.7 Å². The molecule has 298 valence electrons. The third kappa shape index (κ3) is 12.3. The average molecular weight is 793 g/mol. The van der Waals surface area contributed by atoms with Gasteiger partial charge in [0.15, 0.2) is 43.0 Å². The number of hydrogen-bond donors (Lipinski definition) is 1. The molecule has 0 unspecified atom stereocenters. The highest BCUT2D eigenvalue weighted by molar-refractivity contribution is 6.29. The minimum atomic E-state index is -1.91. The summed E-state index contributed by atoms with van der Waals surface area (Å²) in [4.78, 5) is 102. The van der Waals surface area contributed by atoms with Crippen LogP contribution >= 0.6 is 11.6 Å². The maximum atomic E-state index is 14.7. The van der Waals surface area contributed by atoms with Crippen molar-refractivity contribution in [2.45, 2.75) is 110 Å². The Bertz CT molecular complexity index is 1610. The van der Waals surface area contributed by atoms with Crippen LogP contribution in [0.15, 0.2) is 12.3 Å².